The summed E-state index contributed by atoms with van der Waals surface area (Å²) in [4.78, 5) is 26.3. The molecule has 0 fully saturated rings. The van der Waals surface area contributed by atoms with Gasteiger partial charge in [0.1, 0.15) is 6.10 Å². The fraction of sp³-hybridized carbons (Fsp3) is 0.839. The molecule has 3 atom stereocenters. The Kier molecular flexibility index (Phi) is 54.0. The van der Waals surface area contributed by atoms with E-state index in [0.717, 1.165) is 77.0 Å². The molecule has 3 unspecified atom stereocenters. The molecule has 0 saturated carbocycles. The summed E-state index contributed by atoms with van der Waals surface area (Å²) in [6, 6.07) is -0.707. The van der Waals surface area contributed by atoms with Gasteiger partial charge in [-0.05, 0) is 89.9 Å². The summed E-state index contributed by atoms with van der Waals surface area (Å²) in [5.41, 5.74) is 0. The van der Waals surface area contributed by atoms with Crippen molar-refractivity contribution in [2.75, 3.05) is 6.61 Å². The smallest absolute Gasteiger partial charge is 0.306 e. The van der Waals surface area contributed by atoms with Gasteiger partial charge in [0.05, 0.1) is 25.2 Å². The molecule has 0 aliphatic carbocycles. The molecule has 6 nitrogen and oxygen atoms in total. The highest BCUT2D eigenvalue weighted by atomic mass is 16.5. The number of carbonyl (C=O) groups excluding carboxylic acids is 2. The first kappa shape index (κ1) is 65.8. The molecular formula is C62H115NO5. The first-order chi connectivity index (χ1) is 33.5. The van der Waals surface area contributed by atoms with E-state index in [1.807, 2.05) is 0 Å². The monoisotopic (exact) mass is 954 g/mol. The maximum absolute atomic E-state index is 13.3. The molecule has 0 bridgehead atoms. The van der Waals surface area contributed by atoms with Crippen molar-refractivity contribution >= 4 is 11.9 Å². The Morgan fingerprint density at radius 1 is 0.426 bits per heavy atom. The molecule has 0 aromatic heterocycles. The lowest BCUT2D eigenvalue weighted by Crippen LogP contribution is -2.46. The van der Waals surface area contributed by atoms with Crippen LogP contribution in [0.5, 0.6) is 0 Å². The molecule has 0 rings (SSSR count). The maximum atomic E-state index is 13.3. The van der Waals surface area contributed by atoms with Crippen molar-refractivity contribution in [2.24, 2.45) is 0 Å². The second-order valence-electron chi connectivity index (χ2n) is 20.4. The molecule has 0 aromatic carbocycles. The molecule has 68 heavy (non-hydrogen) atoms. The molecule has 0 spiro atoms. The predicted octanol–water partition coefficient (Wildman–Crippen LogP) is 18.6. The van der Waals surface area contributed by atoms with Gasteiger partial charge in [-0.15, -0.1) is 0 Å². The minimum atomic E-state index is -0.793. The molecule has 0 radical (unpaired) electrons. The SMILES string of the molecule is CCCCC/C=C\C/C=C\CCCCCCCCCCCC(=O)OC(CCCCCCC/C=C\C/C=C\CCCCC)CC(=O)NC(CO)C(O)CCCCCCCCCCCCCCCCC. The molecular weight excluding hydrogens is 839 g/mol. The van der Waals surface area contributed by atoms with Gasteiger partial charge in [-0.25, -0.2) is 0 Å². The second kappa shape index (κ2) is 55.7. The van der Waals surface area contributed by atoms with Gasteiger partial charge < -0.3 is 20.3 Å². The number of amides is 1. The van der Waals surface area contributed by atoms with Gasteiger partial charge in [-0.1, -0.05) is 256 Å². The molecule has 0 aromatic rings. The van der Waals surface area contributed by atoms with E-state index in [2.05, 4.69) is 74.7 Å². The van der Waals surface area contributed by atoms with Crippen molar-refractivity contribution in [3.63, 3.8) is 0 Å². The third-order valence-electron chi connectivity index (χ3n) is 13.6. The molecule has 0 aliphatic heterocycles. The molecule has 0 saturated heterocycles. The predicted molar refractivity (Wildman–Crippen MR) is 296 cm³/mol. The van der Waals surface area contributed by atoms with Gasteiger partial charge in [0.25, 0.3) is 0 Å². The average molecular weight is 955 g/mol. The number of aliphatic hydroxyl groups excluding tert-OH is 2. The van der Waals surface area contributed by atoms with Gasteiger partial charge in [-0.3, -0.25) is 9.59 Å². The van der Waals surface area contributed by atoms with Gasteiger partial charge in [-0.2, -0.15) is 0 Å². The van der Waals surface area contributed by atoms with Crippen LogP contribution < -0.4 is 5.32 Å². The lowest BCUT2D eigenvalue weighted by Gasteiger charge is -2.24. The zero-order chi connectivity index (χ0) is 49.5. The van der Waals surface area contributed by atoms with Crippen LogP contribution in [0.15, 0.2) is 48.6 Å². The molecule has 398 valence electrons. The Balaban J connectivity index is 4.54. The number of nitrogens with one attached hydrogen (secondary N) is 1. The Hall–Kier alpha value is -2.18. The number of carbonyl (C=O) groups is 2. The van der Waals surface area contributed by atoms with Crippen LogP contribution in [0, 0.1) is 0 Å². The summed E-state index contributed by atoms with van der Waals surface area (Å²) in [6.07, 6.45) is 68.9. The van der Waals surface area contributed by atoms with E-state index in [9.17, 15) is 19.8 Å². The number of aliphatic hydroxyl groups is 2. The van der Waals surface area contributed by atoms with Crippen LogP contribution in [0.25, 0.3) is 0 Å². The van der Waals surface area contributed by atoms with Gasteiger partial charge in [0.2, 0.25) is 5.91 Å². The summed E-state index contributed by atoms with van der Waals surface area (Å²) in [6.45, 7) is 6.46. The largest absolute Gasteiger partial charge is 0.462 e. The highest BCUT2D eigenvalue weighted by Crippen LogP contribution is 2.18. The van der Waals surface area contributed by atoms with E-state index >= 15 is 0 Å². The Morgan fingerprint density at radius 3 is 1.15 bits per heavy atom. The minimum absolute atomic E-state index is 0.0680. The topological polar surface area (TPSA) is 95.9 Å². The first-order valence-electron chi connectivity index (χ1n) is 29.9. The van der Waals surface area contributed by atoms with Crippen LogP contribution in [0.3, 0.4) is 0 Å². The van der Waals surface area contributed by atoms with Crippen LogP contribution >= 0.6 is 0 Å². The van der Waals surface area contributed by atoms with Crippen LogP contribution in [0.1, 0.15) is 310 Å². The third kappa shape index (κ3) is 50.2. The number of hydrogen-bond acceptors (Lipinski definition) is 5. The fourth-order valence-electron chi connectivity index (χ4n) is 9.08. The summed E-state index contributed by atoms with van der Waals surface area (Å²) in [7, 11) is 0. The Bertz CT molecular complexity index is 1160. The van der Waals surface area contributed by atoms with Gasteiger partial charge >= 0.3 is 5.97 Å². The van der Waals surface area contributed by atoms with Gasteiger partial charge in [0.15, 0.2) is 0 Å². The zero-order valence-corrected chi connectivity index (χ0v) is 45.5. The number of ether oxygens (including phenoxy) is 1. The lowest BCUT2D eigenvalue weighted by atomic mass is 10.0. The van der Waals surface area contributed by atoms with E-state index in [-0.39, 0.29) is 24.9 Å². The van der Waals surface area contributed by atoms with Crippen LogP contribution in [0.4, 0.5) is 0 Å². The molecule has 3 N–H and O–H groups in total. The third-order valence-corrected chi connectivity index (χ3v) is 13.6. The fourth-order valence-corrected chi connectivity index (χ4v) is 9.08. The molecule has 1 amide bonds. The van der Waals surface area contributed by atoms with Crippen LogP contribution in [-0.2, 0) is 14.3 Å². The second-order valence-corrected chi connectivity index (χ2v) is 20.4. The van der Waals surface area contributed by atoms with Crippen molar-refractivity contribution in [1.82, 2.24) is 5.32 Å². The highest BCUT2D eigenvalue weighted by molar-refractivity contribution is 5.77. The first-order valence-corrected chi connectivity index (χ1v) is 29.9. The van der Waals surface area contributed by atoms with E-state index < -0.39 is 18.2 Å². The molecule has 6 heteroatoms. The quantitative estimate of drug-likeness (QED) is 0.0321. The van der Waals surface area contributed by atoms with Crippen LogP contribution in [0.2, 0.25) is 0 Å². The number of unbranched alkanes of at least 4 members (excludes halogenated alkanes) is 34. The standard InChI is InChI=1S/C62H115NO5/c1-4-7-10-13-16-19-22-25-28-29-30-31-34-37-40-43-46-49-52-55-62(67)68-58(53-50-47-44-41-38-35-32-26-23-20-17-14-11-8-5-2)56-61(66)63-59(57-64)60(65)54-51-48-45-42-39-36-33-27-24-21-18-15-12-9-6-3/h16-17,19-20,25-26,28,32,58-60,64-65H,4-15,18,21-24,27,29-31,33-57H2,1-3H3,(H,63,66)/b19-16-,20-17-,28-25-,32-26-. The van der Waals surface area contributed by atoms with Crippen molar-refractivity contribution in [2.45, 2.75) is 328 Å². The average Bonchev–Trinajstić information content (AvgIpc) is 3.33. The summed E-state index contributed by atoms with van der Waals surface area (Å²) in [5.74, 6) is -0.480. The van der Waals surface area contributed by atoms with Crippen LogP contribution in [-0.4, -0.2) is 46.9 Å². The zero-order valence-electron chi connectivity index (χ0n) is 45.5. The van der Waals surface area contributed by atoms with Crippen molar-refractivity contribution in [3.8, 4) is 0 Å². The van der Waals surface area contributed by atoms with E-state index in [0.29, 0.717) is 19.3 Å². The summed E-state index contributed by atoms with van der Waals surface area (Å²) >= 11 is 0. The van der Waals surface area contributed by atoms with E-state index in [4.69, 9.17) is 4.74 Å². The maximum Gasteiger partial charge on any atom is 0.306 e. The Labute approximate surface area is 423 Å². The lowest BCUT2D eigenvalue weighted by molar-refractivity contribution is -0.151. The highest BCUT2D eigenvalue weighted by Gasteiger charge is 2.24. The van der Waals surface area contributed by atoms with E-state index in [1.165, 1.54) is 186 Å². The number of allylic oxidation sites excluding steroid dienone is 8. The number of esters is 1. The van der Waals surface area contributed by atoms with Crippen molar-refractivity contribution in [3.05, 3.63) is 48.6 Å². The van der Waals surface area contributed by atoms with Crippen molar-refractivity contribution in [1.29, 1.82) is 0 Å². The molecule has 0 aliphatic rings. The minimum Gasteiger partial charge on any atom is -0.462 e. The van der Waals surface area contributed by atoms with E-state index in [1.54, 1.807) is 0 Å². The number of rotatable bonds is 54. The van der Waals surface area contributed by atoms with Crippen molar-refractivity contribution < 1.29 is 24.5 Å². The molecule has 0 heterocycles. The summed E-state index contributed by atoms with van der Waals surface area (Å²) < 4.78 is 5.97. The number of hydrogen-bond donors (Lipinski definition) is 3. The Morgan fingerprint density at radius 2 is 0.750 bits per heavy atom. The summed E-state index contributed by atoms with van der Waals surface area (Å²) in [5, 5.41) is 23.9. The normalized spacial score (nSPS) is 13.4. The van der Waals surface area contributed by atoms with Gasteiger partial charge in [0, 0.05) is 6.42 Å².